The monoisotopic (exact) mass is 91.0 g/mol. The molecule has 0 atom stereocenters. The van der Waals surface area contributed by atoms with Gasteiger partial charge in [-0.1, -0.05) is 0 Å². The van der Waals surface area contributed by atoms with E-state index in [1.54, 1.807) is 5.16 Å². The first-order valence-electron chi connectivity index (χ1n) is 0.787. The van der Waals surface area contributed by atoms with E-state index in [1.807, 2.05) is 0 Å². The first-order valence-corrected chi connectivity index (χ1v) is 1.20. The van der Waals surface area contributed by atoms with Gasteiger partial charge in [0.25, 0.3) is 0 Å². The molecule has 0 aromatic carbocycles. The second-order valence-electron chi connectivity index (χ2n) is 0.102. The van der Waals surface area contributed by atoms with Gasteiger partial charge in [-0.15, -0.1) is 0 Å². The predicted molar refractivity (Wildman–Crippen MR) is 23.7 cm³/mol. The molecule has 0 spiro atoms. The SMILES string of the molecule is N=C=S.NN. The van der Waals surface area contributed by atoms with Gasteiger partial charge in [0.1, 0.15) is 0 Å². The summed E-state index contributed by atoms with van der Waals surface area (Å²) in [4.78, 5) is 0. The second kappa shape index (κ2) is 53.1. The third kappa shape index (κ3) is 140. The van der Waals surface area contributed by atoms with Gasteiger partial charge in [-0.3, -0.25) is 11.7 Å². The molecule has 0 rings (SSSR count). The molecule has 30 valence electrons. The van der Waals surface area contributed by atoms with Gasteiger partial charge >= 0.3 is 0 Å². The van der Waals surface area contributed by atoms with Gasteiger partial charge < -0.3 is 0 Å². The lowest BCUT2D eigenvalue weighted by atomic mass is 11.8. The van der Waals surface area contributed by atoms with Gasteiger partial charge in [0.15, 0.2) is 0 Å². The Bertz CT molecular complexity index is 27.9. The van der Waals surface area contributed by atoms with Crippen LogP contribution in [0.5, 0.6) is 0 Å². The largest absolute Gasteiger partial charge is 0.274 e. The van der Waals surface area contributed by atoms with Gasteiger partial charge in [0.05, 0.1) is 5.16 Å². The van der Waals surface area contributed by atoms with E-state index in [-0.39, 0.29) is 0 Å². The van der Waals surface area contributed by atoms with Crippen molar-refractivity contribution in [2.75, 3.05) is 0 Å². The van der Waals surface area contributed by atoms with E-state index in [9.17, 15) is 0 Å². The van der Waals surface area contributed by atoms with Crippen LogP contribution in [0, 0.1) is 5.41 Å². The van der Waals surface area contributed by atoms with Gasteiger partial charge in [0, 0.05) is 0 Å². The van der Waals surface area contributed by atoms with Crippen molar-refractivity contribution in [1.29, 1.82) is 5.41 Å². The second-order valence-corrected chi connectivity index (χ2v) is 0.306. The highest BCUT2D eigenvalue weighted by Crippen LogP contribution is 1.16. The summed E-state index contributed by atoms with van der Waals surface area (Å²) in [6.45, 7) is 0. The number of hydrazine groups is 1. The quantitative estimate of drug-likeness (QED) is 0.162. The van der Waals surface area contributed by atoms with Crippen LogP contribution in [-0.2, 0) is 0 Å². The summed E-state index contributed by atoms with van der Waals surface area (Å²) in [5.41, 5.74) is 0. The molecule has 0 bridgehead atoms. The molecule has 0 saturated heterocycles. The number of hydrogen-bond donors (Lipinski definition) is 3. The fourth-order valence-electron chi connectivity index (χ4n) is 0. The molecule has 5 N–H and O–H groups in total. The minimum absolute atomic E-state index is 1.58. The molecule has 3 nitrogen and oxygen atoms in total. The highest BCUT2D eigenvalue weighted by molar-refractivity contribution is 7.78. The van der Waals surface area contributed by atoms with Crippen LogP contribution in [0.3, 0.4) is 0 Å². The molecule has 0 unspecified atom stereocenters. The van der Waals surface area contributed by atoms with E-state index >= 15 is 0 Å². The van der Waals surface area contributed by atoms with Crippen molar-refractivity contribution in [3.05, 3.63) is 0 Å². The Kier molecular flexibility index (Phi) is 93.7. The van der Waals surface area contributed by atoms with Crippen LogP contribution >= 0.6 is 12.2 Å². The Hall–Kier alpha value is -0.280. The Morgan fingerprint density at radius 1 is 1.60 bits per heavy atom. The van der Waals surface area contributed by atoms with Crippen LogP contribution < -0.4 is 11.7 Å². The Balaban J connectivity index is 0. The van der Waals surface area contributed by atoms with Crippen LogP contribution in [0.25, 0.3) is 0 Å². The lowest BCUT2D eigenvalue weighted by molar-refractivity contribution is 1.26. The maximum absolute atomic E-state index is 5.77. The smallest absolute Gasteiger partial charge is 0.0554 e. The summed E-state index contributed by atoms with van der Waals surface area (Å²) in [6.07, 6.45) is 0. The predicted octanol–water partition coefficient (Wildman–Crippen LogP) is -0.513. The van der Waals surface area contributed by atoms with Crippen molar-refractivity contribution in [2.24, 2.45) is 11.7 Å². The summed E-state index contributed by atoms with van der Waals surface area (Å²) < 4.78 is 0. The summed E-state index contributed by atoms with van der Waals surface area (Å²) >= 11 is 3.81. The van der Waals surface area contributed by atoms with E-state index in [1.165, 1.54) is 0 Å². The van der Waals surface area contributed by atoms with Gasteiger partial charge in [-0.05, 0) is 12.2 Å². The van der Waals surface area contributed by atoms with E-state index in [4.69, 9.17) is 5.41 Å². The highest BCUT2D eigenvalue weighted by atomic mass is 32.1. The molecule has 0 amide bonds. The lowest BCUT2D eigenvalue weighted by Gasteiger charge is -1.27. The fourth-order valence-corrected chi connectivity index (χ4v) is 0. The van der Waals surface area contributed by atoms with Crippen molar-refractivity contribution < 1.29 is 0 Å². The summed E-state index contributed by atoms with van der Waals surface area (Å²) in [5.74, 6) is 8.00. The Morgan fingerprint density at radius 2 is 1.60 bits per heavy atom. The van der Waals surface area contributed by atoms with Crippen LogP contribution in [0.2, 0.25) is 0 Å². The average molecular weight is 91.1 g/mol. The van der Waals surface area contributed by atoms with Crippen molar-refractivity contribution in [3.8, 4) is 0 Å². The molecule has 0 aliphatic heterocycles. The molecule has 0 aliphatic rings. The molecule has 0 radical (unpaired) electrons. The van der Waals surface area contributed by atoms with Crippen LogP contribution in [0.4, 0.5) is 0 Å². The number of nitrogens with one attached hydrogen (secondary N) is 1. The lowest BCUT2D eigenvalue weighted by Crippen LogP contribution is -2.02. The first-order chi connectivity index (χ1) is 2.41. The van der Waals surface area contributed by atoms with Crippen LogP contribution in [0.1, 0.15) is 0 Å². The molecule has 0 aromatic rings. The first kappa shape index (κ1) is 8.83. The third-order valence-electron chi connectivity index (χ3n) is 0. The molecule has 5 heavy (non-hydrogen) atoms. The average Bonchev–Trinajstić information content (AvgIpc) is 1.46. The minimum atomic E-state index is 1.58. The minimum Gasteiger partial charge on any atom is -0.274 e. The molecule has 0 heterocycles. The van der Waals surface area contributed by atoms with Gasteiger partial charge in [-0.2, -0.15) is 0 Å². The topological polar surface area (TPSA) is 75.9 Å². The zero-order valence-electron chi connectivity index (χ0n) is 2.56. The molecule has 0 aliphatic carbocycles. The van der Waals surface area contributed by atoms with Crippen molar-refractivity contribution >= 4 is 17.4 Å². The van der Waals surface area contributed by atoms with Crippen molar-refractivity contribution in [3.63, 3.8) is 0 Å². The maximum Gasteiger partial charge on any atom is 0.0554 e. The van der Waals surface area contributed by atoms with Crippen molar-refractivity contribution in [1.82, 2.24) is 0 Å². The highest BCUT2D eigenvalue weighted by Gasteiger charge is 0.975. The van der Waals surface area contributed by atoms with E-state index in [0.29, 0.717) is 0 Å². The number of thiocarbonyl (C=S) groups is 1. The molecular formula is CH5N3S. The molecule has 0 saturated carbocycles. The number of hydrogen-bond acceptors (Lipinski definition) is 4. The fraction of sp³-hybridized carbons (Fsp3) is 0. The zero-order valence-corrected chi connectivity index (χ0v) is 3.38. The number of rotatable bonds is 0. The Labute approximate surface area is 35.4 Å². The van der Waals surface area contributed by atoms with E-state index in [2.05, 4.69) is 23.9 Å². The summed E-state index contributed by atoms with van der Waals surface area (Å²) in [5, 5.41) is 7.36. The normalized spacial score (nSPS) is 2.80. The molecule has 4 heteroatoms. The molecule has 0 fully saturated rings. The van der Waals surface area contributed by atoms with Crippen LogP contribution in [-0.4, -0.2) is 5.16 Å². The van der Waals surface area contributed by atoms with Gasteiger partial charge in [0.2, 0.25) is 0 Å². The number of nitrogens with two attached hydrogens (primary N) is 2. The summed E-state index contributed by atoms with van der Waals surface area (Å²) in [6, 6.07) is 0. The third-order valence-corrected chi connectivity index (χ3v) is 0. The van der Waals surface area contributed by atoms with Crippen LogP contribution in [0.15, 0.2) is 0 Å². The van der Waals surface area contributed by atoms with Gasteiger partial charge in [-0.25, -0.2) is 5.41 Å². The van der Waals surface area contributed by atoms with Crippen molar-refractivity contribution in [2.45, 2.75) is 0 Å². The van der Waals surface area contributed by atoms with E-state index < -0.39 is 0 Å². The molecular weight excluding hydrogens is 86.1 g/mol. The summed E-state index contributed by atoms with van der Waals surface area (Å²) in [7, 11) is 0. The molecule has 0 aromatic heterocycles. The van der Waals surface area contributed by atoms with E-state index in [0.717, 1.165) is 0 Å². The maximum atomic E-state index is 5.77. The number of isothiocyanates is 1. The standard InChI is InChI=1S/CHNS.H4N2/c2-1-3;1-2/h2H;1-2H2. The Morgan fingerprint density at radius 3 is 1.60 bits per heavy atom. The zero-order chi connectivity index (χ0) is 4.71.